The number of methoxy groups -OCH3 is 1. The lowest BCUT2D eigenvalue weighted by atomic mass is 10.2. The van der Waals surface area contributed by atoms with Gasteiger partial charge in [-0.1, -0.05) is 13.3 Å². The standard InChI is InChI=1S/C14H16N2O5/c1-3-4-9-7-11(16-15-9)14(18)21-8-12-10(5-6-20-12)13(17)19-2/h5-7H,3-4,8H2,1-2H3,(H,15,16). The molecule has 0 aliphatic rings. The number of hydrogen-bond donors (Lipinski definition) is 1. The molecule has 0 bridgehead atoms. The smallest absolute Gasteiger partial charge is 0.359 e. The summed E-state index contributed by atoms with van der Waals surface area (Å²) in [5.41, 5.74) is 1.31. The van der Waals surface area contributed by atoms with E-state index in [1.807, 2.05) is 6.92 Å². The minimum Gasteiger partial charge on any atom is -0.465 e. The molecule has 7 heteroatoms. The van der Waals surface area contributed by atoms with Gasteiger partial charge in [0.15, 0.2) is 18.1 Å². The predicted octanol–water partition coefficient (Wildman–Crippen LogP) is 2.10. The molecule has 0 unspecified atom stereocenters. The number of H-pyrrole nitrogens is 1. The number of aromatic nitrogens is 2. The van der Waals surface area contributed by atoms with Crippen molar-refractivity contribution in [2.45, 2.75) is 26.4 Å². The Morgan fingerprint density at radius 3 is 2.90 bits per heavy atom. The van der Waals surface area contributed by atoms with Crippen molar-refractivity contribution in [1.82, 2.24) is 10.2 Å². The second-order valence-electron chi connectivity index (χ2n) is 4.35. The molecule has 21 heavy (non-hydrogen) atoms. The van der Waals surface area contributed by atoms with E-state index < -0.39 is 11.9 Å². The lowest BCUT2D eigenvalue weighted by Crippen LogP contribution is -2.08. The van der Waals surface area contributed by atoms with E-state index in [1.54, 1.807) is 6.07 Å². The normalized spacial score (nSPS) is 10.4. The van der Waals surface area contributed by atoms with Gasteiger partial charge in [0.1, 0.15) is 5.56 Å². The van der Waals surface area contributed by atoms with Crippen molar-refractivity contribution < 1.29 is 23.5 Å². The molecule has 2 aromatic heterocycles. The molecule has 0 aromatic carbocycles. The zero-order valence-electron chi connectivity index (χ0n) is 11.8. The number of aromatic amines is 1. The summed E-state index contributed by atoms with van der Waals surface area (Å²) in [6.07, 6.45) is 3.10. The summed E-state index contributed by atoms with van der Waals surface area (Å²) in [6, 6.07) is 3.11. The summed E-state index contributed by atoms with van der Waals surface area (Å²) >= 11 is 0. The number of hydrogen-bond acceptors (Lipinski definition) is 6. The molecule has 0 aliphatic carbocycles. The van der Waals surface area contributed by atoms with Gasteiger partial charge in [-0.2, -0.15) is 5.10 Å². The Balaban J connectivity index is 1.97. The maximum Gasteiger partial charge on any atom is 0.359 e. The SMILES string of the molecule is CCCc1cc(C(=O)OCc2occc2C(=O)OC)n[nH]1. The van der Waals surface area contributed by atoms with Crippen LogP contribution < -0.4 is 0 Å². The van der Waals surface area contributed by atoms with Crippen LogP contribution in [0.2, 0.25) is 0 Å². The van der Waals surface area contributed by atoms with Gasteiger partial charge in [0.2, 0.25) is 0 Å². The molecule has 2 aromatic rings. The van der Waals surface area contributed by atoms with Crippen LogP contribution in [0.4, 0.5) is 0 Å². The first-order chi connectivity index (χ1) is 10.2. The van der Waals surface area contributed by atoms with Gasteiger partial charge in [-0.25, -0.2) is 9.59 Å². The number of nitrogens with zero attached hydrogens (tertiary/aromatic N) is 1. The number of aryl methyl sites for hydroxylation is 1. The molecular formula is C14H16N2O5. The fraction of sp³-hybridized carbons (Fsp3) is 0.357. The van der Waals surface area contributed by atoms with Crippen molar-refractivity contribution in [3.8, 4) is 0 Å². The summed E-state index contributed by atoms with van der Waals surface area (Å²) in [6.45, 7) is 1.87. The highest BCUT2D eigenvalue weighted by molar-refractivity contribution is 5.90. The zero-order chi connectivity index (χ0) is 15.2. The number of esters is 2. The molecule has 7 nitrogen and oxygen atoms in total. The molecule has 0 fully saturated rings. The third-order valence-electron chi connectivity index (χ3n) is 2.84. The highest BCUT2D eigenvalue weighted by Crippen LogP contribution is 2.14. The van der Waals surface area contributed by atoms with Crippen molar-refractivity contribution in [2.75, 3.05) is 7.11 Å². The molecule has 2 heterocycles. The summed E-state index contributed by atoms with van der Waals surface area (Å²) in [5.74, 6) is -0.889. The van der Waals surface area contributed by atoms with E-state index >= 15 is 0 Å². The first kappa shape index (κ1) is 14.8. The molecule has 0 aliphatic heterocycles. The molecule has 0 radical (unpaired) electrons. The molecule has 2 rings (SSSR count). The Bertz CT molecular complexity index is 629. The number of rotatable bonds is 6. The molecule has 1 N–H and O–H groups in total. The average molecular weight is 292 g/mol. The van der Waals surface area contributed by atoms with Crippen LogP contribution in [0.3, 0.4) is 0 Å². The first-order valence-corrected chi connectivity index (χ1v) is 6.51. The largest absolute Gasteiger partial charge is 0.465 e. The van der Waals surface area contributed by atoms with Crippen LogP contribution in [-0.2, 0) is 22.5 Å². The van der Waals surface area contributed by atoms with Crippen LogP contribution in [0.1, 0.15) is 45.6 Å². The van der Waals surface area contributed by atoms with Gasteiger partial charge in [0, 0.05) is 5.69 Å². The van der Waals surface area contributed by atoms with E-state index in [0.29, 0.717) is 0 Å². The fourth-order valence-electron chi connectivity index (χ4n) is 1.81. The van der Waals surface area contributed by atoms with Crippen molar-refractivity contribution in [2.24, 2.45) is 0 Å². The van der Waals surface area contributed by atoms with Crippen molar-refractivity contribution in [3.63, 3.8) is 0 Å². The second-order valence-corrected chi connectivity index (χ2v) is 4.35. The molecule has 0 amide bonds. The highest BCUT2D eigenvalue weighted by Gasteiger charge is 2.18. The Morgan fingerprint density at radius 1 is 1.38 bits per heavy atom. The lowest BCUT2D eigenvalue weighted by molar-refractivity contribution is 0.0426. The lowest BCUT2D eigenvalue weighted by Gasteiger charge is -2.02. The van der Waals surface area contributed by atoms with E-state index in [-0.39, 0.29) is 23.6 Å². The minimum absolute atomic E-state index is 0.160. The minimum atomic E-state index is -0.583. The van der Waals surface area contributed by atoms with Gasteiger partial charge in [-0.15, -0.1) is 0 Å². The summed E-state index contributed by atoms with van der Waals surface area (Å²) in [4.78, 5) is 23.3. The van der Waals surface area contributed by atoms with Gasteiger partial charge in [0.05, 0.1) is 13.4 Å². The van der Waals surface area contributed by atoms with Crippen molar-refractivity contribution in [3.05, 3.63) is 41.1 Å². The first-order valence-electron chi connectivity index (χ1n) is 6.51. The summed E-state index contributed by atoms with van der Waals surface area (Å²) in [5, 5.41) is 6.66. The van der Waals surface area contributed by atoms with Crippen LogP contribution in [0, 0.1) is 0 Å². The van der Waals surface area contributed by atoms with Crippen molar-refractivity contribution >= 4 is 11.9 Å². The van der Waals surface area contributed by atoms with Crippen LogP contribution in [0.15, 0.2) is 22.8 Å². The quantitative estimate of drug-likeness (QED) is 0.819. The average Bonchev–Trinajstić information content (AvgIpc) is 3.13. The number of nitrogens with one attached hydrogen (secondary N) is 1. The fourth-order valence-corrected chi connectivity index (χ4v) is 1.81. The number of furan rings is 1. The molecule has 0 spiro atoms. The zero-order valence-corrected chi connectivity index (χ0v) is 11.8. The van der Waals surface area contributed by atoms with Crippen LogP contribution in [0.5, 0.6) is 0 Å². The van der Waals surface area contributed by atoms with Crippen LogP contribution in [0.25, 0.3) is 0 Å². The monoisotopic (exact) mass is 292 g/mol. The maximum atomic E-state index is 11.8. The third-order valence-corrected chi connectivity index (χ3v) is 2.84. The van der Waals surface area contributed by atoms with Gasteiger partial charge < -0.3 is 13.9 Å². The summed E-state index contributed by atoms with van der Waals surface area (Å²) < 4.78 is 14.8. The van der Waals surface area contributed by atoms with E-state index in [0.717, 1.165) is 18.5 Å². The second kappa shape index (κ2) is 6.74. The van der Waals surface area contributed by atoms with Crippen molar-refractivity contribution in [1.29, 1.82) is 0 Å². The molecule has 0 saturated carbocycles. The van der Waals surface area contributed by atoms with Crippen LogP contribution >= 0.6 is 0 Å². The number of ether oxygens (including phenoxy) is 2. The van der Waals surface area contributed by atoms with E-state index in [1.165, 1.54) is 19.4 Å². The van der Waals surface area contributed by atoms with E-state index in [4.69, 9.17) is 9.15 Å². The molecule has 0 atom stereocenters. The predicted molar refractivity (Wildman–Crippen MR) is 71.7 cm³/mol. The van der Waals surface area contributed by atoms with Gasteiger partial charge in [0.25, 0.3) is 0 Å². The number of carbonyl (C=O) groups is 2. The molecular weight excluding hydrogens is 276 g/mol. The Labute approximate surface area is 121 Å². The van der Waals surface area contributed by atoms with Gasteiger partial charge in [-0.3, -0.25) is 5.10 Å². The van der Waals surface area contributed by atoms with Crippen LogP contribution in [-0.4, -0.2) is 29.2 Å². The third kappa shape index (κ3) is 3.50. The maximum absolute atomic E-state index is 11.8. The van der Waals surface area contributed by atoms with Gasteiger partial charge in [-0.05, 0) is 18.6 Å². The Hall–Kier alpha value is -2.57. The summed E-state index contributed by atoms with van der Waals surface area (Å²) in [7, 11) is 1.27. The Kier molecular flexibility index (Phi) is 4.76. The Morgan fingerprint density at radius 2 is 2.19 bits per heavy atom. The topological polar surface area (TPSA) is 94.4 Å². The van der Waals surface area contributed by atoms with E-state index in [2.05, 4.69) is 14.9 Å². The molecule has 0 saturated heterocycles. The molecule has 112 valence electrons. The number of carbonyl (C=O) groups excluding carboxylic acids is 2. The van der Waals surface area contributed by atoms with E-state index in [9.17, 15) is 9.59 Å². The highest BCUT2D eigenvalue weighted by atomic mass is 16.5. The van der Waals surface area contributed by atoms with Gasteiger partial charge >= 0.3 is 11.9 Å².